The normalized spacial score (nSPS) is 15.3. The van der Waals surface area contributed by atoms with Gasteiger partial charge < -0.3 is 15.5 Å². The number of nitrogens with zero attached hydrogens (tertiary/aromatic N) is 4. The SMILES string of the molecule is Cc1c(C(=O)Nc2cccc(N(C)C(C)C)c2)nnn1C1CCNCC1. The van der Waals surface area contributed by atoms with E-state index in [1.807, 2.05) is 42.9 Å². The van der Waals surface area contributed by atoms with E-state index in [-0.39, 0.29) is 5.91 Å². The van der Waals surface area contributed by atoms with Crippen LogP contribution in [0.25, 0.3) is 0 Å². The molecule has 0 aliphatic carbocycles. The highest BCUT2D eigenvalue weighted by molar-refractivity contribution is 6.03. The van der Waals surface area contributed by atoms with Crippen LogP contribution in [0.3, 0.4) is 0 Å². The molecule has 1 aromatic heterocycles. The lowest BCUT2D eigenvalue weighted by Crippen LogP contribution is -2.30. The van der Waals surface area contributed by atoms with Crippen LogP contribution < -0.4 is 15.5 Å². The highest BCUT2D eigenvalue weighted by Crippen LogP contribution is 2.23. The first-order chi connectivity index (χ1) is 12.5. The largest absolute Gasteiger partial charge is 0.372 e. The van der Waals surface area contributed by atoms with E-state index in [2.05, 4.69) is 39.7 Å². The molecule has 1 aliphatic rings. The molecule has 1 saturated heterocycles. The molecule has 2 N–H and O–H groups in total. The number of anilines is 2. The fourth-order valence-electron chi connectivity index (χ4n) is 3.24. The summed E-state index contributed by atoms with van der Waals surface area (Å²) in [6, 6.07) is 8.55. The van der Waals surface area contributed by atoms with Crippen molar-refractivity contribution in [3.05, 3.63) is 35.7 Å². The van der Waals surface area contributed by atoms with E-state index >= 15 is 0 Å². The summed E-state index contributed by atoms with van der Waals surface area (Å²) in [5.74, 6) is -0.216. The van der Waals surface area contributed by atoms with Gasteiger partial charge in [-0.3, -0.25) is 4.79 Å². The van der Waals surface area contributed by atoms with Gasteiger partial charge in [-0.15, -0.1) is 5.10 Å². The van der Waals surface area contributed by atoms with Gasteiger partial charge >= 0.3 is 0 Å². The van der Waals surface area contributed by atoms with E-state index in [0.29, 0.717) is 17.8 Å². The monoisotopic (exact) mass is 356 g/mol. The van der Waals surface area contributed by atoms with Gasteiger partial charge in [0, 0.05) is 24.5 Å². The van der Waals surface area contributed by atoms with E-state index in [9.17, 15) is 4.79 Å². The van der Waals surface area contributed by atoms with Crippen LogP contribution >= 0.6 is 0 Å². The quantitative estimate of drug-likeness (QED) is 0.861. The van der Waals surface area contributed by atoms with Gasteiger partial charge in [-0.2, -0.15) is 0 Å². The van der Waals surface area contributed by atoms with E-state index in [1.165, 1.54) is 0 Å². The van der Waals surface area contributed by atoms with Crippen molar-refractivity contribution >= 4 is 17.3 Å². The highest BCUT2D eigenvalue weighted by atomic mass is 16.2. The molecular weight excluding hydrogens is 328 g/mol. The molecular formula is C19H28N6O. The lowest BCUT2D eigenvalue weighted by Gasteiger charge is -2.24. The summed E-state index contributed by atoms with van der Waals surface area (Å²) in [6.45, 7) is 8.13. The number of hydrogen-bond donors (Lipinski definition) is 2. The summed E-state index contributed by atoms with van der Waals surface area (Å²) in [4.78, 5) is 14.9. The number of hydrogen-bond acceptors (Lipinski definition) is 5. The zero-order valence-corrected chi connectivity index (χ0v) is 16.0. The lowest BCUT2D eigenvalue weighted by atomic mass is 10.1. The summed E-state index contributed by atoms with van der Waals surface area (Å²) >= 11 is 0. The van der Waals surface area contributed by atoms with Gasteiger partial charge in [0.1, 0.15) is 0 Å². The maximum absolute atomic E-state index is 12.7. The molecule has 2 aromatic rings. The van der Waals surface area contributed by atoms with E-state index < -0.39 is 0 Å². The zero-order valence-electron chi connectivity index (χ0n) is 16.0. The van der Waals surface area contributed by atoms with E-state index in [4.69, 9.17) is 0 Å². The average molecular weight is 356 g/mol. The number of carbonyl (C=O) groups excluding carboxylic acids is 1. The van der Waals surface area contributed by atoms with Crippen molar-refractivity contribution in [2.45, 2.75) is 45.7 Å². The summed E-state index contributed by atoms with van der Waals surface area (Å²) in [7, 11) is 2.04. The molecule has 140 valence electrons. The minimum Gasteiger partial charge on any atom is -0.372 e. The van der Waals surface area contributed by atoms with Crippen LogP contribution in [0, 0.1) is 6.92 Å². The molecule has 7 nitrogen and oxygen atoms in total. The third-order valence-electron chi connectivity index (χ3n) is 5.08. The minimum atomic E-state index is -0.216. The molecule has 0 bridgehead atoms. The number of rotatable bonds is 5. The van der Waals surface area contributed by atoms with Gasteiger partial charge in [-0.25, -0.2) is 4.68 Å². The second kappa shape index (κ2) is 7.86. The maximum atomic E-state index is 12.7. The van der Waals surface area contributed by atoms with Crippen molar-refractivity contribution in [1.82, 2.24) is 20.3 Å². The van der Waals surface area contributed by atoms with Crippen molar-refractivity contribution in [1.29, 1.82) is 0 Å². The standard InChI is InChI=1S/C19H28N6O/c1-13(2)24(4)17-7-5-6-15(12-17)21-19(26)18-14(3)25(23-22-18)16-8-10-20-11-9-16/h5-7,12-13,16,20H,8-11H2,1-4H3,(H,21,26). The maximum Gasteiger partial charge on any atom is 0.278 e. The Bertz CT molecular complexity index is 763. The fourth-order valence-corrected chi connectivity index (χ4v) is 3.24. The molecule has 2 heterocycles. The van der Waals surface area contributed by atoms with Crippen LogP contribution in [0.5, 0.6) is 0 Å². The van der Waals surface area contributed by atoms with E-state index in [1.54, 1.807) is 0 Å². The first kappa shape index (κ1) is 18.4. The first-order valence-electron chi connectivity index (χ1n) is 9.24. The Balaban J connectivity index is 1.74. The van der Waals surface area contributed by atoms with Crippen molar-refractivity contribution in [3.8, 4) is 0 Å². The van der Waals surface area contributed by atoms with Gasteiger partial charge in [0.25, 0.3) is 5.91 Å². The second-order valence-electron chi connectivity index (χ2n) is 7.16. The number of piperidine rings is 1. The summed E-state index contributed by atoms with van der Waals surface area (Å²) in [5.41, 5.74) is 3.04. The van der Waals surface area contributed by atoms with Gasteiger partial charge in [-0.1, -0.05) is 11.3 Å². The molecule has 1 aliphatic heterocycles. The third-order valence-corrected chi connectivity index (χ3v) is 5.08. The van der Waals surface area contributed by atoms with Crippen molar-refractivity contribution in [2.75, 3.05) is 30.4 Å². The van der Waals surface area contributed by atoms with E-state index in [0.717, 1.165) is 43.0 Å². The molecule has 0 radical (unpaired) electrons. The van der Waals surface area contributed by atoms with Crippen LogP contribution in [0.1, 0.15) is 48.9 Å². The molecule has 1 aromatic carbocycles. The Morgan fingerprint density at radius 3 is 2.77 bits per heavy atom. The molecule has 7 heteroatoms. The first-order valence-corrected chi connectivity index (χ1v) is 9.24. The topological polar surface area (TPSA) is 75.1 Å². The Labute approximate surface area is 154 Å². The molecule has 1 amide bonds. The molecule has 3 rings (SSSR count). The number of benzene rings is 1. The lowest BCUT2D eigenvalue weighted by molar-refractivity contribution is 0.102. The minimum absolute atomic E-state index is 0.216. The molecule has 0 atom stereocenters. The fraction of sp³-hybridized carbons (Fsp3) is 0.526. The van der Waals surface area contributed by atoms with Crippen LogP contribution in [0.2, 0.25) is 0 Å². The van der Waals surface area contributed by atoms with Gasteiger partial charge in [0.05, 0.1) is 11.7 Å². The predicted octanol–water partition coefficient (Wildman–Crippen LogP) is 2.61. The Hall–Kier alpha value is -2.41. The molecule has 0 spiro atoms. The number of aromatic nitrogens is 3. The van der Waals surface area contributed by atoms with Gasteiger partial charge in [-0.05, 0) is 64.9 Å². The smallest absolute Gasteiger partial charge is 0.278 e. The third kappa shape index (κ3) is 3.88. The Morgan fingerprint density at radius 2 is 2.08 bits per heavy atom. The van der Waals surface area contributed by atoms with Crippen LogP contribution in [-0.4, -0.2) is 47.1 Å². The second-order valence-corrected chi connectivity index (χ2v) is 7.16. The molecule has 0 unspecified atom stereocenters. The average Bonchev–Trinajstić information content (AvgIpc) is 3.03. The van der Waals surface area contributed by atoms with Crippen molar-refractivity contribution < 1.29 is 4.79 Å². The van der Waals surface area contributed by atoms with Crippen molar-refractivity contribution in [3.63, 3.8) is 0 Å². The summed E-state index contributed by atoms with van der Waals surface area (Å²) in [6.07, 6.45) is 2.02. The Kier molecular flexibility index (Phi) is 5.56. The number of nitrogens with one attached hydrogen (secondary N) is 2. The summed E-state index contributed by atoms with van der Waals surface area (Å²) in [5, 5.41) is 14.7. The van der Waals surface area contributed by atoms with Crippen LogP contribution in [0.15, 0.2) is 24.3 Å². The highest BCUT2D eigenvalue weighted by Gasteiger charge is 2.23. The molecule has 1 fully saturated rings. The molecule has 0 saturated carbocycles. The predicted molar refractivity (Wildman–Crippen MR) is 104 cm³/mol. The zero-order chi connectivity index (χ0) is 18.7. The van der Waals surface area contributed by atoms with Gasteiger partial charge in [0.15, 0.2) is 5.69 Å². The van der Waals surface area contributed by atoms with Crippen molar-refractivity contribution in [2.24, 2.45) is 0 Å². The number of carbonyl (C=O) groups is 1. The Morgan fingerprint density at radius 1 is 1.35 bits per heavy atom. The van der Waals surface area contributed by atoms with Gasteiger partial charge in [0.2, 0.25) is 0 Å². The molecule has 26 heavy (non-hydrogen) atoms. The summed E-state index contributed by atoms with van der Waals surface area (Å²) < 4.78 is 1.90. The number of amides is 1. The van der Waals surface area contributed by atoms with Crippen LogP contribution in [0.4, 0.5) is 11.4 Å². The van der Waals surface area contributed by atoms with Crippen LogP contribution in [-0.2, 0) is 0 Å².